The Morgan fingerprint density at radius 3 is 2.73 bits per heavy atom. The lowest BCUT2D eigenvalue weighted by Crippen LogP contribution is -2.49. The van der Waals surface area contributed by atoms with Crippen molar-refractivity contribution >= 4 is 39.1 Å². The molecular weight excluding hydrogens is 526 g/mol. The molecule has 4 aromatic rings. The fourth-order valence-corrected chi connectivity index (χ4v) is 5.74. The Kier molecular flexibility index (Phi) is 8.39. The van der Waals surface area contributed by atoms with E-state index in [2.05, 4.69) is 20.2 Å². The number of carbonyl (C=O) groups excluding carboxylic acids is 2. The van der Waals surface area contributed by atoms with Gasteiger partial charge >= 0.3 is 0 Å². The van der Waals surface area contributed by atoms with Crippen LogP contribution in [0.5, 0.6) is 5.75 Å². The molecule has 40 heavy (non-hydrogen) atoms. The van der Waals surface area contributed by atoms with Gasteiger partial charge in [0.2, 0.25) is 0 Å². The van der Waals surface area contributed by atoms with E-state index in [9.17, 15) is 14.7 Å². The molecule has 0 aliphatic carbocycles. The summed E-state index contributed by atoms with van der Waals surface area (Å²) in [4.78, 5) is 39.5. The number of benzene rings is 2. The first-order valence-electron chi connectivity index (χ1n) is 13.3. The summed E-state index contributed by atoms with van der Waals surface area (Å²) in [6.45, 7) is 5.43. The minimum Gasteiger partial charge on any atom is -0.486 e. The first kappa shape index (κ1) is 27.7. The predicted molar refractivity (Wildman–Crippen MR) is 156 cm³/mol. The lowest BCUT2D eigenvalue weighted by Gasteiger charge is -2.38. The van der Waals surface area contributed by atoms with Gasteiger partial charge in [-0.1, -0.05) is 25.1 Å². The number of aliphatic hydroxyl groups excluding tert-OH is 1. The van der Waals surface area contributed by atoms with Crippen LogP contribution in [0.2, 0.25) is 0 Å². The Morgan fingerprint density at radius 2 is 1.98 bits per heavy atom. The van der Waals surface area contributed by atoms with Crippen LogP contribution < -0.4 is 10.1 Å². The number of anilines is 1. The maximum absolute atomic E-state index is 13.7. The molecule has 0 radical (unpaired) electrons. The number of rotatable bonds is 8. The summed E-state index contributed by atoms with van der Waals surface area (Å²) >= 11 is 1.31. The van der Waals surface area contributed by atoms with E-state index >= 15 is 0 Å². The summed E-state index contributed by atoms with van der Waals surface area (Å²) < 4.78 is 7.54. The number of aromatic nitrogens is 2. The van der Waals surface area contributed by atoms with Crippen molar-refractivity contribution in [1.29, 1.82) is 0 Å². The summed E-state index contributed by atoms with van der Waals surface area (Å²) in [7, 11) is 2.02. The molecule has 3 heterocycles. The van der Waals surface area contributed by atoms with Crippen molar-refractivity contribution in [3.63, 3.8) is 0 Å². The maximum Gasteiger partial charge on any atom is 0.284 e. The van der Waals surface area contributed by atoms with Gasteiger partial charge in [-0.05, 0) is 55.9 Å². The van der Waals surface area contributed by atoms with Gasteiger partial charge in [0, 0.05) is 37.9 Å². The highest BCUT2D eigenvalue weighted by atomic mass is 32.1. The third-order valence-electron chi connectivity index (χ3n) is 7.12. The van der Waals surface area contributed by atoms with Gasteiger partial charge in [0.15, 0.2) is 10.8 Å². The molecule has 2 N–H and O–H groups in total. The Morgan fingerprint density at radius 1 is 1.20 bits per heavy atom. The topological polar surface area (TPSA) is 108 Å². The SMILES string of the molecule is C[C@@H]1CN([C@H](C)CO)C(=O)c2cccc(NC(=O)c3nc4ccccc4s3)c2O[C@@H]1CN(C)Cc1ccncc1. The van der Waals surface area contributed by atoms with Crippen LogP contribution in [0, 0.1) is 5.92 Å². The molecule has 2 amide bonds. The van der Waals surface area contributed by atoms with Crippen molar-refractivity contribution in [2.45, 2.75) is 32.5 Å². The molecule has 1 aliphatic heterocycles. The Balaban J connectivity index is 1.47. The molecule has 0 saturated heterocycles. The van der Waals surface area contributed by atoms with E-state index in [1.807, 2.05) is 57.3 Å². The van der Waals surface area contributed by atoms with Crippen LogP contribution >= 0.6 is 11.3 Å². The minimum atomic E-state index is -0.378. The van der Waals surface area contributed by atoms with E-state index in [1.54, 1.807) is 35.5 Å². The maximum atomic E-state index is 13.7. The van der Waals surface area contributed by atoms with Crippen molar-refractivity contribution in [2.24, 2.45) is 5.92 Å². The molecule has 0 unspecified atom stereocenters. The van der Waals surface area contributed by atoms with Crippen LogP contribution in [0.3, 0.4) is 0 Å². The van der Waals surface area contributed by atoms with E-state index in [1.165, 1.54) is 11.3 Å². The minimum absolute atomic E-state index is 0.0565. The van der Waals surface area contributed by atoms with Crippen LogP contribution in [0.15, 0.2) is 67.0 Å². The smallest absolute Gasteiger partial charge is 0.284 e. The molecule has 10 heteroatoms. The second-order valence-corrected chi connectivity index (χ2v) is 11.3. The number of nitrogens with one attached hydrogen (secondary N) is 1. The molecule has 5 rings (SSSR count). The fourth-order valence-electron chi connectivity index (χ4n) is 4.88. The molecular formula is C30H33N5O4S. The normalized spacial score (nSPS) is 18.1. The van der Waals surface area contributed by atoms with E-state index in [0.29, 0.717) is 41.6 Å². The van der Waals surface area contributed by atoms with Gasteiger partial charge in [-0.2, -0.15) is 0 Å². The van der Waals surface area contributed by atoms with Crippen LogP contribution in [-0.2, 0) is 6.54 Å². The third kappa shape index (κ3) is 5.99. The number of hydrogen-bond acceptors (Lipinski definition) is 8. The first-order valence-corrected chi connectivity index (χ1v) is 14.1. The zero-order valence-electron chi connectivity index (χ0n) is 22.8. The number of likely N-dealkylation sites (N-methyl/N-ethyl adjacent to an activating group) is 1. The average molecular weight is 560 g/mol. The van der Waals surface area contributed by atoms with Gasteiger partial charge in [-0.3, -0.25) is 19.5 Å². The summed E-state index contributed by atoms with van der Waals surface area (Å²) in [5.41, 5.74) is 2.64. The molecule has 0 saturated carbocycles. The van der Waals surface area contributed by atoms with E-state index in [-0.39, 0.29) is 36.5 Å². The van der Waals surface area contributed by atoms with Crippen LogP contribution in [0.1, 0.15) is 39.6 Å². The highest BCUT2D eigenvalue weighted by Crippen LogP contribution is 2.35. The molecule has 208 valence electrons. The van der Waals surface area contributed by atoms with Crippen molar-refractivity contribution in [1.82, 2.24) is 19.8 Å². The summed E-state index contributed by atoms with van der Waals surface area (Å²) in [5.74, 6) is -0.347. The quantitative estimate of drug-likeness (QED) is 0.332. The van der Waals surface area contributed by atoms with E-state index in [4.69, 9.17) is 4.74 Å². The molecule has 0 fully saturated rings. The predicted octanol–water partition coefficient (Wildman–Crippen LogP) is 4.30. The first-order chi connectivity index (χ1) is 19.3. The van der Waals surface area contributed by atoms with Crippen molar-refractivity contribution in [3.8, 4) is 5.75 Å². The summed E-state index contributed by atoms with van der Waals surface area (Å²) in [6.07, 6.45) is 3.25. The highest BCUT2D eigenvalue weighted by molar-refractivity contribution is 7.20. The van der Waals surface area contributed by atoms with E-state index < -0.39 is 0 Å². The van der Waals surface area contributed by atoms with Gasteiger partial charge < -0.3 is 20.1 Å². The zero-order valence-corrected chi connectivity index (χ0v) is 23.6. The molecule has 3 atom stereocenters. The number of aliphatic hydroxyl groups is 1. The summed E-state index contributed by atoms with van der Waals surface area (Å²) in [5, 5.41) is 13.2. The summed E-state index contributed by atoms with van der Waals surface area (Å²) in [6, 6.07) is 16.3. The molecule has 0 spiro atoms. The molecule has 2 aromatic heterocycles. The Bertz CT molecular complexity index is 1460. The number of thiazole rings is 1. The third-order valence-corrected chi connectivity index (χ3v) is 8.16. The second-order valence-electron chi connectivity index (χ2n) is 10.3. The highest BCUT2D eigenvalue weighted by Gasteiger charge is 2.34. The fraction of sp³-hybridized carbons (Fsp3) is 0.333. The number of pyridine rings is 1. The number of carbonyl (C=O) groups is 2. The van der Waals surface area contributed by atoms with Crippen LogP contribution in [0.4, 0.5) is 5.69 Å². The van der Waals surface area contributed by atoms with E-state index in [0.717, 1.165) is 15.8 Å². The Labute approximate surface area is 237 Å². The van der Waals surface area contributed by atoms with Crippen molar-refractivity contribution < 1.29 is 19.4 Å². The van der Waals surface area contributed by atoms with Crippen LogP contribution in [-0.4, -0.2) is 75.6 Å². The molecule has 0 bridgehead atoms. The van der Waals surface area contributed by atoms with Gasteiger partial charge in [0.25, 0.3) is 11.8 Å². The average Bonchev–Trinajstić information content (AvgIpc) is 3.40. The number of fused-ring (bicyclic) bond motifs is 2. The van der Waals surface area contributed by atoms with Gasteiger partial charge in [0.1, 0.15) is 6.10 Å². The van der Waals surface area contributed by atoms with Crippen molar-refractivity contribution in [2.75, 3.05) is 32.1 Å². The largest absolute Gasteiger partial charge is 0.486 e. The molecule has 2 aromatic carbocycles. The lowest BCUT2D eigenvalue weighted by atomic mass is 9.99. The van der Waals surface area contributed by atoms with Gasteiger partial charge in [-0.15, -0.1) is 11.3 Å². The number of ether oxygens (including phenoxy) is 1. The number of hydrogen-bond donors (Lipinski definition) is 2. The lowest BCUT2D eigenvalue weighted by molar-refractivity contribution is 0.0343. The monoisotopic (exact) mass is 559 g/mol. The number of para-hydroxylation sites is 2. The van der Waals surface area contributed by atoms with Crippen LogP contribution in [0.25, 0.3) is 10.2 Å². The molecule has 9 nitrogen and oxygen atoms in total. The molecule has 1 aliphatic rings. The van der Waals surface area contributed by atoms with Crippen molar-refractivity contribution in [3.05, 3.63) is 83.1 Å². The Hall–Kier alpha value is -3.86. The number of nitrogens with zero attached hydrogens (tertiary/aromatic N) is 4. The van der Waals surface area contributed by atoms with Gasteiger partial charge in [0.05, 0.1) is 34.1 Å². The standard InChI is InChI=1S/C30H33N5O4S/c1-19-15-35(20(2)18-36)30(38)22-7-6-9-24(32-28(37)29-33-23-8-4-5-10-26(23)40-29)27(22)39-25(19)17-34(3)16-21-11-13-31-14-12-21/h4-14,19-20,25,36H,15-18H2,1-3H3,(H,32,37)/t19-,20-,25-/m1/s1. The second kappa shape index (κ2) is 12.1. The number of amides is 2. The zero-order chi connectivity index (χ0) is 28.2. The van der Waals surface area contributed by atoms with Gasteiger partial charge in [-0.25, -0.2) is 4.98 Å².